The Labute approximate surface area is 110 Å². The maximum Gasteiger partial charge on any atom is 0.348 e. The molecular weight excluding hydrogens is 252 g/mol. The van der Waals surface area contributed by atoms with Gasteiger partial charge in [-0.1, -0.05) is 0 Å². The van der Waals surface area contributed by atoms with Gasteiger partial charge >= 0.3 is 5.97 Å². The molecule has 98 valence electrons. The van der Waals surface area contributed by atoms with Crippen molar-refractivity contribution in [3.63, 3.8) is 0 Å². The molecule has 1 atom stereocenters. The molecule has 5 nitrogen and oxygen atoms in total. The zero-order valence-electron chi connectivity index (χ0n) is 10.4. The number of esters is 1. The summed E-state index contributed by atoms with van der Waals surface area (Å²) in [7, 11) is 1.36. The predicted octanol–water partition coefficient (Wildman–Crippen LogP) is 0.855. The number of amides is 1. The summed E-state index contributed by atoms with van der Waals surface area (Å²) in [6.45, 7) is 3.94. The summed E-state index contributed by atoms with van der Waals surface area (Å²) < 4.78 is 4.66. The van der Waals surface area contributed by atoms with Gasteiger partial charge in [-0.05, 0) is 19.1 Å². The number of ether oxygens (including phenoxy) is 1. The molecular formula is C12H16N2O3S. The number of piperazine rings is 1. The van der Waals surface area contributed by atoms with E-state index < -0.39 is 0 Å². The van der Waals surface area contributed by atoms with E-state index in [0.717, 1.165) is 11.4 Å². The number of carbonyl (C=O) groups excluding carboxylic acids is 2. The van der Waals surface area contributed by atoms with Crippen LogP contribution in [0.5, 0.6) is 0 Å². The highest BCUT2D eigenvalue weighted by Gasteiger charge is 2.25. The zero-order valence-corrected chi connectivity index (χ0v) is 11.3. The van der Waals surface area contributed by atoms with Crippen LogP contribution in [0.4, 0.5) is 0 Å². The number of carbonyl (C=O) groups is 2. The molecule has 0 saturated carbocycles. The van der Waals surface area contributed by atoms with E-state index in [0.29, 0.717) is 18.0 Å². The zero-order chi connectivity index (χ0) is 13.1. The third-order valence-electron chi connectivity index (χ3n) is 2.91. The molecule has 1 aromatic heterocycles. The van der Waals surface area contributed by atoms with Gasteiger partial charge in [0.25, 0.3) is 0 Å². The third kappa shape index (κ3) is 2.70. The maximum absolute atomic E-state index is 11.9. The fraction of sp³-hybridized carbons (Fsp3) is 0.500. The van der Waals surface area contributed by atoms with Crippen molar-refractivity contribution in [2.24, 2.45) is 0 Å². The Balaban J connectivity index is 2.03. The summed E-state index contributed by atoms with van der Waals surface area (Å²) in [6.07, 6.45) is 0. The molecule has 0 aromatic carbocycles. The number of methoxy groups -OCH3 is 1. The molecule has 1 unspecified atom stereocenters. The second-order valence-electron chi connectivity index (χ2n) is 4.19. The number of rotatable bonds is 3. The second kappa shape index (κ2) is 5.49. The molecule has 1 saturated heterocycles. The lowest BCUT2D eigenvalue weighted by molar-refractivity contribution is -0.135. The Morgan fingerprint density at radius 2 is 2.39 bits per heavy atom. The van der Waals surface area contributed by atoms with Crippen LogP contribution in [0, 0.1) is 0 Å². The first-order valence-corrected chi connectivity index (χ1v) is 6.62. The van der Waals surface area contributed by atoms with Crippen LogP contribution in [-0.4, -0.2) is 43.0 Å². The van der Waals surface area contributed by atoms with Crippen LogP contribution in [0.2, 0.25) is 0 Å². The second-order valence-corrected chi connectivity index (χ2v) is 5.36. The number of thiophene rings is 1. The van der Waals surface area contributed by atoms with E-state index in [2.05, 4.69) is 10.1 Å². The van der Waals surface area contributed by atoms with Crippen LogP contribution in [0.3, 0.4) is 0 Å². The van der Waals surface area contributed by atoms with E-state index in [4.69, 9.17) is 0 Å². The van der Waals surface area contributed by atoms with Crippen LogP contribution in [0.1, 0.15) is 21.5 Å². The Bertz CT molecular complexity index is 458. The molecule has 18 heavy (non-hydrogen) atoms. The first-order chi connectivity index (χ1) is 8.61. The van der Waals surface area contributed by atoms with Gasteiger partial charge in [0.1, 0.15) is 4.88 Å². The van der Waals surface area contributed by atoms with Crippen molar-refractivity contribution >= 4 is 23.2 Å². The van der Waals surface area contributed by atoms with E-state index in [1.54, 1.807) is 6.07 Å². The first-order valence-electron chi connectivity index (χ1n) is 5.81. The Kier molecular flexibility index (Phi) is 3.98. The van der Waals surface area contributed by atoms with Gasteiger partial charge < -0.3 is 15.0 Å². The number of hydrogen-bond acceptors (Lipinski definition) is 5. The highest BCUT2D eigenvalue weighted by molar-refractivity contribution is 7.13. The topological polar surface area (TPSA) is 58.6 Å². The molecule has 0 radical (unpaired) electrons. The van der Waals surface area contributed by atoms with Crippen molar-refractivity contribution < 1.29 is 14.3 Å². The average molecular weight is 268 g/mol. The number of nitrogens with zero attached hydrogens (tertiary/aromatic N) is 1. The molecule has 0 bridgehead atoms. The SMILES string of the molecule is COC(=O)c1ccc(CN2CCNC(C)C2=O)s1. The summed E-state index contributed by atoms with van der Waals surface area (Å²) in [4.78, 5) is 26.6. The fourth-order valence-electron chi connectivity index (χ4n) is 1.91. The third-order valence-corrected chi connectivity index (χ3v) is 3.96. The smallest absolute Gasteiger partial charge is 0.348 e. The van der Waals surface area contributed by atoms with Gasteiger partial charge in [-0.3, -0.25) is 4.79 Å². The minimum absolute atomic E-state index is 0.106. The Morgan fingerprint density at radius 3 is 3.11 bits per heavy atom. The van der Waals surface area contributed by atoms with Gasteiger partial charge in [0.2, 0.25) is 5.91 Å². The fourth-order valence-corrected chi connectivity index (χ4v) is 2.85. The van der Waals surface area contributed by atoms with E-state index >= 15 is 0 Å². The van der Waals surface area contributed by atoms with Gasteiger partial charge in [-0.15, -0.1) is 11.3 Å². The highest BCUT2D eigenvalue weighted by Crippen LogP contribution is 2.20. The molecule has 1 aliphatic heterocycles. The van der Waals surface area contributed by atoms with Crippen LogP contribution in [-0.2, 0) is 16.1 Å². The normalized spacial score (nSPS) is 20.0. The van der Waals surface area contributed by atoms with Crippen molar-refractivity contribution in [3.8, 4) is 0 Å². The summed E-state index contributed by atoms with van der Waals surface area (Å²) in [6, 6.07) is 3.48. The summed E-state index contributed by atoms with van der Waals surface area (Å²) in [5.41, 5.74) is 0. The molecule has 0 spiro atoms. The standard InChI is InChI=1S/C12H16N2O3S/c1-8-11(15)14(6-5-13-8)7-9-3-4-10(18-9)12(16)17-2/h3-4,8,13H,5-7H2,1-2H3. The summed E-state index contributed by atoms with van der Waals surface area (Å²) >= 11 is 1.37. The molecule has 6 heteroatoms. The van der Waals surface area contributed by atoms with Crippen molar-refractivity contribution in [2.75, 3.05) is 20.2 Å². The molecule has 1 aliphatic rings. The van der Waals surface area contributed by atoms with Gasteiger partial charge in [0.05, 0.1) is 19.7 Å². The van der Waals surface area contributed by atoms with Gasteiger partial charge in [-0.25, -0.2) is 4.79 Å². The first kappa shape index (κ1) is 13.0. The Morgan fingerprint density at radius 1 is 1.61 bits per heavy atom. The summed E-state index contributed by atoms with van der Waals surface area (Å²) in [5, 5.41) is 3.12. The predicted molar refractivity (Wildman–Crippen MR) is 68.5 cm³/mol. The molecule has 1 aromatic rings. The molecule has 2 rings (SSSR count). The molecule has 1 N–H and O–H groups in total. The minimum Gasteiger partial charge on any atom is -0.465 e. The lowest BCUT2D eigenvalue weighted by Gasteiger charge is -2.31. The quantitative estimate of drug-likeness (QED) is 0.826. The van der Waals surface area contributed by atoms with E-state index in [-0.39, 0.29) is 17.9 Å². The minimum atomic E-state index is -0.328. The van der Waals surface area contributed by atoms with Crippen molar-refractivity contribution in [2.45, 2.75) is 19.5 Å². The lowest BCUT2D eigenvalue weighted by Crippen LogP contribution is -2.53. The van der Waals surface area contributed by atoms with E-state index in [1.165, 1.54) is 18.4 Å². The molecule has 0 aliphatic carbocycles. The van der Waals surface area contributed by atoms with Crippen molar-refractivity contribution in [1.29, 1.82) is 0 Å². The van der Waals surface area contributed by atoms with Crippen molar-refractivity contribution in [3.05, 3.63) is 21.9 Å². The average Bonchev–Trinajstić information content (AvgIpc) is 2.82. The monoisotopic (exact) mass is 268 g/mol. The number of hydrogen-bond donors (Lipinski definition) is 1. The van der Waals surface area contributed by atoms with Gasteiger partial charge in [-0.2, -0.15) is 0 Å². The Hall–Kier alpha value is -1.40. The van der Waals surface area contributed by atoms with Crippen LogP contribution < -0.4 is 5.32 Å². The highest BCUT2D eigenvalue weighted by atomic mass is 32.1. The largest absolute Gasteiger partial charge is 0.465 e. The lowest BCUT2D eigenvalue weighted by atomic mass is 10.2. The molecule has 1 amide bonds. The van der Waals surface area contributed by atoms with E-state index in [9.17, 15) is 9.59 Å². The number of nitrogens with one attached hydrogen (secondary N) is 1. The van der Waals surface area contributed by atoms with Crippen molar-refractivity contribution in [1.82, 2.24) is 10.2 Å². The van der Waals surface area contributed by atoms with Crippen LogP contribution >= 0.6 is 11.3 Å². The van der Waals surface area contributed by atoms with Gasteiger partial charge in [0.15, 0.2) is 0 Å². The summed E-state index contributed by atoms with van der Waals surface area (Å²) in [5.74, 6) is -0.222. The maximum atomic E-state index is 11.9. The van der Waals surface area contributed by atoms with Crippen LogP contribution in [0.15, 0.2) is 12.1 Å². The molecule has 1 fully saturated rings. The molecule has 2 heterocycles. The van der Waals surface area contributed by atoms with Crippen LogP contribution in [0.25, 0.3) is 0 Å². The van der Waals surface area contributed by atoms with E-state index in [1.807, 2.05) is 17.9 Å². The van der Waals surface area contributed by atoms with Gasteiger partial charge in [0, 0.05) is 18.0 Å².